The van der Waals surface area contributed by atoms with Gasteiger partial charge in [0.2, 0.25) is 0 Å². The van der Waals surface area contributed by atoms with E-state index in [1.54, 1.807) is 0 Å². The lowest BCUT2D eigenvalue weighted by molar-refractivity contribution is -0.146. The van der Waals surface area contributed by atoms with Crippen LogP contribution in [-0.4, -0.2) is 36.9 Å². The van der Waals surface area contributed by atoms with Gasteiger partial charge in [0, 0.05) is 10.2 Å². The van der Waals surface area contributed by atoms with Crippen molar-refractivity contribution in [2.75, 3.05) is 13.7 Å². The first-order valence-corrected chi connectivity index (χ1v) is 7.64. The Labute approximate surface area is 140 Å². The molecule has 1 atom stereocenters. The quantitative estimate of drug-likeness (QED) is 0.798. The van der Waals surface area contributed by atoms with Crippen molar-refractivity contribution in [3.05, 3.63) is 45.6 Å². The van der Waals surface area contributed by atoms with Gasteiger partial charge in [0.05, 0.1) is 18.7 Å². The molecular formula is C15H16BrF3N2O2. The molecule has 0 bridgehead atoms. The van der Waals surface area contributed by atoms with Crippen LogP contribution in [0.3, 0.4) is 0 Å². The molecule has 1 aromatic carbocycles. The third-order valence-electron chi connectivity index (χ3n) is 3.55. The molecule has 1 heterocycles. The highest BCUT2D eigenvalue weighted by Gasteiger charge is 2.39. The number of carbonyl (C=O) groups excluding carboxylic acids is 1. The number of allylic oxidation sites excluding steroid dienone is 1. The number of methoxy groups -OCH3 is 1. The molecule has 0 saturated carbocycles. The minimum atomic E-state index is -4.37. The number of esters is 1. The second-order valence-electron chi connectivity index (χ2n) is 5.20. The number of ether oxygens (including phenoxy) is 1. The summed E-state index contributed by atoms with van der Waals surface area (Å²) in [6.07, 6.45) is -3.99. The average Bonchev–Trinajstić information content (AvgIpc) is 2.75. The molecule has 0 radical (unpaired) electrons. The third-order valence-corrected chi connectivity index (χ3v) is 4.08. The van der Waals surface area contributed by atoms with Gasteiger partial charge in [-0.3, -0.25) is 0 Å². The molecule has 1 aromatic rings. The fourth-order valence-electron chi connectivity index (χ4n) is 2.49. The van der Waals surface area contributed by atoms with Gasteiger partial charge in [0.1, 0.15) is 6.54 Å². The molecule has 0 aliphatic carbocycles. The smallest absolute Gasteiger partial charge is 0.407 e. The SMILES string of the molecule is COC(=O)C1=C(C)N(CC(F)(F)F)NC1Cc1ccc(Br)cc1. The molecule has 126 valence electrons. The zero-order valence-corrected chi connectivity index (χ0v) is 14.2. The first-order valence-electron chi connectivity index (χ1n) is 6.85. The number of alkyl halides is 3. The monoisotopic (exact) mass is 392 g/mol. The summed E-state index contributed by atoms with van der Waals surface area (Å²) < 4.78 is 43.6. The molecule has 0 saturated heterocycles. The van der Waals surface area contributed by atoms with Crippen LogP contribution >= 0.6 is 15.9 Å². The minimum absolute atomic E-state index is 0.222. The van der Waals surface area contributed by atoms with E-state index < -0.39 is 24.7 Å². The van der Waals surface area contributed by atoms with Crippen LogP contribution in [0.5, 0.6) is 0 Å². The van der Waals surface area contributed by atoms with Crippen LogP contribution in [-0.2, 0) is 16.0 Å². The Kier molecular flexibility index (Phi) is 5.36. The molecule has 8 heteroatoms. The second-order valence-corrected chi connectivity index (χ2v) is 6.12. The molecular weight excluding hydrogens is 377 g/mol. The Morgan fingerprint density at radius 2 is 1.96 bits per heavy atom. The molecule has 0 amide bonds. The maximum absolute atomic E-state index is 12.7. The van der Waals surface area contributed by atoms with Gasteiger partial charge < -0.3 is 9.75 Å². The number of rotatable bonds is 4. The molecule has 0 spiro atoms. The van der Waals surface area contributed by atoms with Crippen LogP contribution in [0.4, 0.5) is 13.2 Å². The number of nitrogens with one attached hydrogen (secondary N) is 1. The summed E-state index contributed by atoms with van der Waals surface area (Å²) in [7, 11) is 1.21. The molecule has 1 unspecified atom stereocenters. The summed E-state index contributed by atoms with van der Waals surface area (Å²) >= 11 is 3.32. The number of hydrogen-bond acceptors (Lipinski definition) is 4. The van der Waals surface area contributed by atoms with E-state index in [4.69, 9.17) is 4.74 Å². The third kappa shape index (κ3) is 4.48. The Hall–Kier alpha value is -1.54. The summed E-state index contributed by atoms with van der Waals surface area (Å²) in [5.41, 5.74) is 4.10. The summed E-state index contributed by atoms with van der Waals surface area (Å²) in [4.78, 5) is 12.0. The van der Waals surface area contributed by atoms with Crippen LogP contribution in [0.1, 0.15) is 12.5 Å². The largest absolute Gasteiger partial charge is 0.466 e. The molecule has 1 N–H and O–H groups in total. The number of nitrogens with zero attached hydrogens (tertiary/aromatic N) is 1. The van der Waals surface area contributed by atoms with Crippen LogP contribution in [0.25, 0.3) is 0 Å². The summed E-state index contributed by atoms with van der Waals surface area (Å²) in [6.45, 7) is 0.308. The van der Waals surface area contributed by atoms with Crippen LogP contribution in [0.2, 0.25) is 0 Å². The molecule has 0 fully saturated rings. The lowest BCUT2D eigenvalue weighted by atomic mass is 9.99. The standard InChI is InChI=1S/C15H16BrF3N2O2/c1-9-13(14(22)23-2)12(20-21(9)8-15(17,18)19)7-10-3-5-11(16)6-4-10/h3-6,12,20H,7-8H2,1-2H3. The van der Waals surface area contributed by atoms with Gasteiger partial charge in [-0.2, -0.15) is 13.2 Å². The van der Waals surface area contributed by atoms with Crippen molar-refractivity contribution in [1.82, 2.24) is 10.4 Å². The fourth-order valence-corrected chi connectivity index (χ4v) is 2.76. The average molecular weight is 393 g/mol. The highest BCUT2D eigenvalue weighted by Crippen LogP contribution is 2.28. The number of halogens is 4. The normalized spacial score (nSPS) is 18.5. The molecule has 4 nitrogen and oxygen atoms in total. The Morgan fingerprint density at radius 3 is 2.48 bits per heavy atom. The zero-order valence-electron chi connectivity index (χ0n) is 12.6. The lowest BCUT2D eigenvalue weighted by Crippen LogP contribution is -2.43. The second kappa shape index (κ2) is 6.92. The minimum Gasteiger partial charge on any atom is -0.466 e. The fraction of sp³-hybridized carbons (Fsp3) is 0.400. The Balaban J connectivity index is 2.24. The van der Waals surface area contributed by atoms with Crippen LogP contribution in [0.15, 0.2) is 40.0 Å². The number of benzene rings is 1. The van der Waals surface area contributed by atoms with E-state index >= 15 is 0 Å². The number of carbonyl (C=O) groups is 1. The molecule has 23 heavy (non-hydrogen) atoms. The van der Waals surface area contributed by atoms with Crippen molar-refractivity contribution >= 4 is 21.9 Å². The predicted molar refractivity (Wildman–Crippen MR) is 82.2 cm³/mol. The van der Waals surface area contributed by atoms with Gasteiger partial charge in [-0.05, 0) is 31.0 Å². The van der Waals surface area contributed by atoms with Gasteiger partial charge in [0.15, 0.2) is 0 Å². The first kappa shape index (κ1) is 17.8. The van der Waals surface area contributed by atoms with Crippen molar-refractivity contribution in [2.45, 2.75) is 25.6 Å². The molecule has 2 rings (SSSR count). The Morgan fingerprint density at radius 1 is 1.35 bits per heavy atom. The highest BCUT2D eigenvalue weighted by atomic mass is 79.9. The van der Waals surface area contributed by atoms with Crippen molar-refractivity contribution < 1.29 is 22.7 Å². The van der Waals surface area contributed by atoms with Crippen LogP contribution < -0.4 is 5.43 Å². The van der Waals surface area contributed by atoms with E-state index in [9.17, 15) is 18.0 Å². The van der Waals surface area contributed by atoms with E-state index in [0.717, 1.165) is 15.0 Å². The number of hydrazine groups is 1. The van der Waals surface area contributed by atoms with E-state index in [0.29, 0.717) is 6.42 Å². The Bertz CT molecular complexity index is 614. The van der Waals surface area contributed by atoms with Crippen LogP contribution in [0, 0.1) is 0 Å². The molecule has 0 aromatic heterocycles. The number of hydrogen-bond donors (Lipinski definition) is 1. The maximum Gasteiger partial charge on any atom is 0.407 e. The topological polar surface area (TPSA) is 41.6 Å². The van der Waals surface area contributed by atoms with Gasteiger partial charge in [0.25, 0.3) is 0 Å². The summed E-state index contributed by atoms with van der Waals surface area (Å²) in [5.74, 6) is -0.623. The van der Waals surface area contributed by atoms with E-state index in [1.807, 2.05) is 24.3 Å². The molecule has 1 aliphatic heterocycles. The predicted octanol–water partition coefficient (Wildman–Crippen LogP) is 3.19. The zero-order chi connectivity index (χ0) is 17.2. The van der Waals surface area contributed by atoms with Gasteiger partial charge in [-0.15, -0.1) is 0 Å². The van der Waals surface area contributed by atoms with Crippen molar-refractivity contribution in [1.29, 1.82) is 0 Å². The van der Waals surface area contributed by atoms with Crippen molar-refractivity contribution in [3.63, 3.8) is 0 Å². The first-order chi connectivity index (χ1) is 10.7. The van der Waals surface area contributed by atoms with E-state index in [1.165, 1.54) is 14.0 Å². The summed E-state index contributed by atoms with van der Waals surface area (Å²) in [5, 5.41) is 0.954. The highest BCUT2D eigenvalue weighted by molar-refractivity contribution is 9.10. The van der Waals surface area contributed by atoms with Crippen molar-refractivity contribution in [3.8, 4) is 0 Å². The molecule has 1 aliphatic rings. The van der Waals surface area contributed by atoms with Gasteiger partial charge in [-0.1, -0.05) is 28.1 Å². The van der Waals surface area contributed by atoms with E-state index in [-0.39, 0.29) is 11.3 Å². The maximum atomic E-state index is 12.7. The van der Waals surface area contributed by atoms with Gasteiger partial charge in [-0.25, -0.2) is 10.2 Å². The lowest BCUT2D eigenvalue weighted by Gasteiger charge is -2.23. The van der Waals surface area contributed by atoms with E-state index in [2.05, 4.69) is 21.4 Å². The van der Waals surface area contributed by atoms with Crippen molar-refractivity contribution in [2.24, 2.45) is 0 Å². The summed E-state index contributed by atoms with van der Waals surface area (Å²) in [6, 6.07) is 6.81. The van der Waals surface area contributed by atoms with Gasteiger partial charge >= 0.3 is 12.1 Å².